The Bertz CT molecular complexity index is 1630. The van der Waals surface area contributed by atoms with Gasteiger partial charge in [-0.05, 0) is 102 Å². The van der Waals surface area contributed by atoms with Crippen LogP contribution in [-0.2, 0) is 42.0 Å². The van der Waals surface area contributed by atoms with Crippen molar-refractivity contribution >= 4 is 40.2 Å². The molecule has 5 rings (SSSR count). The zero-order valence-electron chi connectivity index (χ0n) is 44.0. The Labute approximate surface area is 407 Å². The second kappa shape index (κ2) is 22.9. The number of hydrogen-bond donors (Lipinski definition) is 0. The first-order valence-electron chi connectivity index (χ1n) is 25.3. The fraction of sp³-hybridized carbons (Fsp3) is 0.846. The third kappa shape index (κ3) is 16.1. The number of rotatable bonds is 21. The lowest BCUT2D eigenvalue weighted by Gasteiger charge is -2.47. The second-order valence-corrected chi connectivity index (χ2v) is 35.0. The maximum atomic E-state index is 7.06. The van der Waals surface area contributed by atoms with E-state index in [1.165, 1.54) is 9.79 Å². The van der Waals surface area contributed by atoms with E-state index >= 15 is 0 Å². The summed E-state index contributed by atoms with van der Waals surface area (Å²) >= 11 is 3.63. The summed E-state index contributed by atoms with van der Waals surface area (Å²) in [6, 6.07) is 12.0. The molecule has 1 aromatic rings. The summed E-state index contributed by atoms with van der Waals surface area (Å²) in [5.41, 5.74) is 0. The van der Waals surface area contributed by atoms with Crippen LogP contribution in [0.25, 0.3) is 0 Å². The first-order valence-corrected chi connectivity index (χ1v) is 32.5. The lowest BCUT2D eigenvalue weighted by molar-refractivity contribution is -0.333. The van der Waals surface area contributed by atoms with Crippen molar-refractivity contribution in [3.8, 4) is 0 Å². The van der Waals surface area contributed by atoms with E-state index < -0.39 is 34.0 Å². The molecule has 4 heterocycles. The highest BCUT2D eigenvalue weighted by Gasteiger charge is 2.45. The maximum absolute atomic E-state index is 7.06. The van der Waals surface area contributed by atoms with E-state index in [1.807, 2.05) is 51.2 Å². The maximum Gasteiger partial charge on any atom is 0.192 e. The van der Waals surface area contributed by atoms with Gasteiger partial charge in [-0.25, -0.2) is 0 Å². The zero-order valence-corrected chi connectivity index (χ0v) is 47.6. The molecule has 13 heteroatoms. The molecule has 0 aliphatic carbocycles. The highest BCUT2D eigenvalue weighted by Crippen LogP contribution is 2.49. The molecule has 374 valence electrons. The van der Waals surface area contributed by atoms with E-state index in [4.69, 9.17) is 42.0 Å². The monoisotopic (exact) mass is 981 g/mol. The minimum absolute atomic E-state index is 0.00631. The molecule has 3 saturated heterocycles. The molecule has 10 atom stereocenters. The normalized spacial score (nSPS) is 29.5. The molecule has 0 spiro atoms. The molecule has 4 aliphatic rings. The van der Waals surface area contributed by atoms with E-state index in [2.05, 4.69) is 133 Å². The molecule has 1 aromatic carbocycles. The molecule has 0 radical (unpaired) electrons. The summed E-state index contributed by atoms with van der Waals surface area (Å²) in [6.45, 7) is 40.6. The number of thioether (sulfide) groups is 2. The highest BCUT2D eigenvalue weighted by atomic mass is 32.2. The van der Waals surface area contributed by atoms with Crippen LogP contribution in [0.4, 0.5) is 0 Å². The summed E-state index contributed by atoms with van der Waals surface area (Å²) in [6.07, 6.45) is 9.04. The van der Waals surface area contributed by atoms with Crippen LogP contribution < -0.4 is 0 Å². The van der Waals surface area contributed by atoms with Crippen molar-refractivity contribution in [3.05, 3.63) is 36.4 Å². The van der Waals surface area contributed by atoms with Gasteiger partial charge in [0.25, 0.3) is 0 Å². The topological polar surface area (TPSA) is 83.1 Å². The van der Waals surface area contributed by atoms with Crippen LogP contribution in [0, 0.1) is 17.8 Å². The van der Waals surface area contributed by atoms with Crippen LogP contribution in [0.2, 0.25) is 36.3 Å². The Kier molecular flexibility index (Phi) is 19.6. The molecule has 0 bridgehead atoms. The molecule has 3 fully saturated rings. The average molecular weight is 982 g/mol. The Hall–Kier alpha value is -0.266. The minimum atomic E-state index is -1.94. The molecular formula is C52H92O9S2Si2. The largest absolute Gasteiger partial charge is 0.416 e. The predicted octanol–water partition coefficient (Wildman–Crippen LogP) is 14.4. The molecule has 65 heavy (non-hydrogen) atoms. The van der Waals surface area contributed by atoms with E-state index in [-0.39, 0.29) is 70.5 Å². The molecule has 4 aliphatic heterocycles. The number of fused-ring (bicyclic) bond motifs is 1. The van der Waals surface area contributed by atoms with Crippen LogP contribution in [0.5, 0.6) is 0 Å². The number of benzene rings is 1. The third-order valence-electron chi connectivity index (χ3n) is 14.6. The number of ether oxygens (including phenoxy) is 7. The molecule has 0 unspecified atom stereocenters. The first kappa shape index (κ1) is 55.7. The Morgan fingerprint density at radius 1 is 0.708 bits per heavy atom. The van der Waals surface area contributed by atoms with E-state index in [1.54, 1.807) is 0 Å². The fourth-order valence-corrected chi connectivity index (χ4v) is 16.9. The van der Waals surface area contributed by atoms with E-state index in [9.17, 15) is 0 Å². The van der Waals surface area contributed by atoms with E-state index in [0.29, 0.717) is 12.5 Å². The third-order valence-corrected chi connectivity index (χ3v) is 26.3. The SMILES string of the molecule is CC[Si](CC)(CC)OC[C@@H](C)[C@H](C[C@@H]1C[C@H](C[C@H]2C[C@H](C[C@H]3C[C@@H](/C=C/[C@@H](C)[C@H](O[Si](C)(C)C(C)(C)C)C(C)C)OC(C)(C)O3)OC(C)(C)O2)OC(C)(C)O1)OC1Sc2ccccc2S1. The van der Waals surface area contributed by atoms with Crippen molar-refractivity contribution in [2.45, 2.75) is 266 Å². The van der Waals surface area contributed by atoms with Crippen molar-refractivity contribution < 1.29 is 42.0 Å². The summed E-state index contributed by atoms with van der Waals surface area (Å²) < 4.78 is 60.9. The van der Waals surface area contributed by atoms with Gasteiger partial charge in [0.1, 0.15) is 0 Å². The van der Waals surface area contributed by atoms with Gasteiger partial charge in [0.15, 0.2) is 38.8 Å². The van der Waals surface area contributed by atoms with Crippen molar-refractivity contribution in [2.75, 3.05) is 6.61 Å². The summed E-state index contributed by atoms with van der Waals surface area (Å²) in [7, 11) is -3.70. The van der Waals surface area contributed by atoms with Gasteiger partial charge >= 0.3 is 0 Å². The van der Waals surface area contributed by atoms with Crippen LogP contribution >= 0.6 is 23.5 Å². The van der Waals surface area contributed by atoms with Crippen LogP contribution in [0.3, 0.4) is 0 Å². The number of hydrogen-bond acceptors (Lipinski definition) is 11. The molecule has 0 amide bonds. The summed E-state index contributed by atoms with van der Waals surface area (Å²) in [4.78, 5) is 2.58. The van der Waals surface area contributed by atoms with Crippen molar-refractivity contribution in [3.63, 3.8) is 0 Å². The van der Waals surface area contributed by atoms with Crippen LogP contribution in [-0.4, -0.2) is 94.2 Å². The lowest BCUT2D eigenvalue weighted by Crippen LogP contribution is -2.51. The second-order valence-electron chi connectivity index (χ2n) is 23.0. The van der Waals surface area contributed by atoms with Gasteiger partial charge in [-0.1, -0.05) is 117 Å². The highest BCUT2D eigenvalue weighted by molar-refractivity contribution is 8.19. The quantitative estimate of drug-likeness (QED) is 0.0872. The fourth-order valence-electron chi connectivity index (χ4n) is 10.0. The van der Waals surface area contributed by atoms with Gasteiger partial charge in [-0.3, -0.25) is 0 Å². The van der Waals surface area contributed by atoms with Gasteiger partial charge in [-0.15, -0.1) is 0 Å². The minimum Gasteiger partial charge on any atom is -0.416 e. The average Bonchev–Trinajstić information content (AvgIpc) is 3.59. The Morgan fingerprint density at radius 2 is 1.17 bits per heavy atom. The van der Waals surface area contributed by atoms with Gasteiger partial charge < -0.3 is 42.0 Å². The zero-order chi connectivity index (χ0) is 48.2. The van der Waals surface area contributed by atoms with Crippen molar-refractivity contribution in [2.24, 2.45) is 17.8 Å². The molecule has 0 saturated carbocycles. The van der Waals surface area contributed by atoms with Gasteiger partial charge in [0, 0.05) is 60.8 Å². The molecule has 0 N–H and O–H groups in total. The summed E-state index contributed by atoms with van der Waals surface area (Å²) in [5, 5.41) is 0.155. The predicted molar refractivity (Wildman–Crippen MR) is 274 cm³/mol. The van der Waals surface area contributed by atoms with Gasteiger partial charge in [0.2, 0.25) is 0 Å². The molecular weight excluding hydrogens is 889 g/mol. The molecule has 9 nitrogen and oxygen atoms in total. The Balaban J connectivity index is 1.23. The standard InChI is InChI=1S/C52H92O9S2Si2/c1-19-65(20-2,21-3)53-34-37(7)44(54-48-62-45-24-22-23-25-46(45)63-48)33-43-32-42(59-52(15,16)60-43)31-41-30-40(57-51(13,14)58-41)29-39-28-38(55-50(11,12)56-39)27-26-36(6)47(35(4)5)61-64(17,18)49(8,9)10/h22-27,35-44,47-48H,19-21,28-34H2,1-18H3/b27-26+/t36-,37-,38-,39-,40+,41-,42+,43+,44+,47-/m1/s1. The molecule has 0 aromatic heterocycles. The van der Waals surface area contributed by atoms with Crippen molar-refractivity contribution in [1.82, 2.24) is 0 Å². The van der Waals surface area contributed by atoms with Gasteiger partial charge in [-0.2, -0.15) is 0 Å². The van der Waals surface area contributed by atoms with Crippen LogP contribution in [0.1, 0.15) is 149 Å². The first-order chi connectivity index (χ1) is 30.2. The smallest absolute Gasteiger partial charge is 0.192 e. The van der Waals surface area contributed by atoms with Crippen LogP contribution in [0.15, 0.2) is 46.2 Å². The van der Waals surface area contributed by atoms with Crippen molar-refractivity contribution in [1.29, 1.82) is 0 Å². The summed E-state index contributed by atoms with van der Waals surface area (Å²) in [5.74, 6) is -1.34. The lowest BCUT2D eigenvalue weighted by atomic mass is 9.91. The van der Waals surface area contributed by atoms with Gasteiger partial charge in [0.05, 0.1) is 48.8 Å². The Morgan fingerprint density at radius 3 is 1.65 bits per heavy atom. The van der Waals surface area contributed by atoms with E-state index in [0.717, 1.165) is 56.7 Å².